The molecule has 150 valence electrons. The summed E-state index contributed by atoms with van der Waals surface area (Å²) >= 11 is 6.65. The van der Waals surface area contributed by atoms with E-state index in [0.29, 0.717) is 0 Å². The Kier molecular flexibility index (Phi) is 6.29. The van der Waals surface area contributed by atoms with Crippen molar-refractivity contribution in [2.75, 3.05) is 5.32 Å². The molecule has 0 unspecified atom stereocenters. The van der Waals surface area contributed by atoms with Crippen molar-refractivity contribution in [2.24, 2.45) is 10.2 Å². The van der Waals surface area contributed by atoms with Gasteiger partial charge in [0.05, 0.1) is 11.3 Å². The van der Waals surface area contributed by atoms with Crippen LogP contribution in [0.5, 0.6) is 0 Å². The maximum Gasteiger partial charge on any atom is 0.418 e. The second-order valence-electron chi connectivity index (χ2n) is 6.31. The van der Waals surface area contributed by atoms with Gasteiger partial charge in [-0.05, 0) is 43.9 Å². The van der Waals surface area contributed by atoms with Crippen LogP contribution >= 0.6 is 23.4 Å². The van der Waals surface area contributed by atoms with E-state index in [-0.39, 0.29) is 16.6 Å². The summed E-state index contributed by atoms with van der Waals surface area (Å²) in [4.78, 5) is 24.2. The highest BCUT2D eigenvalue weighted by atomic mass is 35.5. The van der Waals surface area contributed by atoms with Gasteiger partial charge in [-0.15, -0.1) is 5.10 Å². The fraction of sp³-hybridized carbons (Fsp3) is 0.412. The fourth-order valence-corrected chi connectivity index (χ4v) is 3.91. The van der Waals surface area contributed by atoms with E-state index in [1.807, 2.05) is 0 Å². The zero-order chi connectivity index (χ0) is 20.3. The number of nitrogens with one attached hydrogen (secondary N) is 2. The molecule has 1 saturated heterocycles. The van der Waals surface area contributed by atoms with E-state index in [1.165, 1.54) is 6.07 Å². The zero-order valence-corrected chi connectivity index (χ0v) is 16.0. The minimum atomic E-state index is -4.67. The van der Waals surface area contributed by atoms with Crippen molar-refractivity contribution in [2.45, 2.75) is 43.5 Å². The first kappa shape index (κ1) is 20.7. The normalized spacial score (nSPS) is 21.1. The molecule has 2 fully saturated rings. The lowest BCUT2D eigenvalue weighted by molar-refractivity contribution is -0.137. The number of alkyl halides is 3. The van der Waals surface area contributed by atoms with Gasteiger partial charge >= 0.3 is 6.18 Å². The van der Waals surface area contributed by atoms with Crippen LogP contribution in [-0.4, -0.2) is 27.9 Å². The number of anilines is 1. The second-order valence-corrected chi connectivity index (χ2v) is 7.94. The van der Waals surface area contributed by atoms with Crippen LogP contribution in [0.1, 0.15) is 37.7 Å². The maximum absolute atomic E-state index is 13.1. The van der Waals surface area contributed by atoms with Gasteiger partial charge in [0.2, 0.25) is 11.8 Å². The molecule has 0 bridgehead atoms. The summed E-state index contributed by atoms with van der Waals surface area (Å²) in [6, 6.07) is 3.06. The number of thioether (sulfide) groups is 1. The zero-order valence-electron chi connectivity index (χ0n) is 14.5. The van der Waals surface area contributed by atoms with Crippen molar-refractivity contribution >= 4 is 51.7 Å². The van der Waals surface area contributed by atoms with Crippen molar-refractivity contribution in [1.29, 1.82) is 0 Å². The summed E-state index contributed by atoms with van der Waals surface area (Å²) in [6.45, 7) is 0. The molecule has 3 rings (SSSR count). The minimum Gasteiger partial charge on any atom is -0.325 e. The van der Waals surface area contributed by atoms with Crippen LogP contribution in [0.25, 0.3) is 0 Å². The van der Waals surface area contributed by atoms with Gasteiger partial charge < -0.3 is 10.6 Å². The van der Waals surface area contributed by atoms with Crippen molar-refractivity contribution in [3.05, 3.63) is 28.8 Å². The van der Waals surface area contributed by atoms with E-state index in [9.17, 15) is 22.8 Å². The van der Waals surface area contributed by atoms with Crippen molar-refractivity contribution < 1.29 is 22.8 Å². The molecule has 1 saturated carbocycles. The molecule has 0 radical (unpaired) electrons. The number of amides is 2. The van der Waals surface area contributed by atoms with E-state index in [0.717, 1.165) is 55.3 Å². The van der Waals surface area contributed by atoms with Gasteiger partial charge in [-0.2, -0.15) is 18.3 Å². The Morgan fingerprint density at radius 2 is 2.00 bits per heavy atom. The standard InChI is InChI=1S/C17H16ClF3N4O2S/c18-9-5-6-12(11(7-9)17(19,20)21)22-14(26)8-13-15(27)23-16(28-13)25-24-10-3-1-2-4-10/h5-7,13H,1-4,8H2,(H,22,26)(H,23,25,27)/t13-/m1/s1. The smallest absolute Gasteiger partial charge is 0.325 e. The largest absolute Gasteiger partial charge is 0.418 e. The summed E-state index contributed by atoms with van der Waals surface area (Å²) in [7, 11) is 0. The predicted octanol–water partition coefficient (Wildman–Crippen LogP) is 4.21. The van der Waals surface area contributed by atoms with E-state index >= 15 is 0 Å². The van der Waals surface area contributed by atoms with Gasteiger partial charge in [0, 0.05) is 17.2 Å². The van der Waals surface area contributed by atoms with E-state index < -0.39 is 34.5 Å². The van der Waals surface area contributed by atoms with Crippen LogP contribution in [0.3, 0.4) is 0 Å². The molecule has 1 aromatic rings. The van der Waals surface area contributed by atoms with Crippen LogP contribution in [0.2, 0.25) is 5.02 Å². The molecule has 2 amide bonds. The molecule has 28 heavy (non-hydrogen) atoms. The summed E-state index contributed by atoms with van der Waals surface area (Å²) in [6.07, 6.45) is -1.08. The third-order valence-electron chi connectivity index (χ3n) is 4.17. The topological polar surface area (TPSA) is 82.9 Å². The molecular formula is C17H16ClF3N4O2S. The van der Waals surface area contributed by atoms with E-state index in [4.69, 9.17) is 11.6 Å². The third kappa shape index (κ3) is 5.26. The number of nitrogens with zero attached hydrogens (tertiary/aromatic N) is 2. The fourth-order valence-electron chi connectivity index (χ4n) is 2.82. The van der Waals surface area contributed by atoms with Crippen LogP contribution in [0, 0.1) is 0 Å². The summed E-state index contributed by atoms with van der Waals surface area (Å²) in [5.41, 5.74) is -0.496. The van der Waals surface area contributed by atoms with Gasteiger partial charge in [-0.3, -0.25) is 9.59 Å². The number of hydrogen-bond donors (Lipinski definition) is 2. The lowest BCUT2D eigenvalue weighted by Crippen LogP contribution is -2.28. The van der Waals surface area contributed by atoms with Gasteiger partial charge in [0.25, 0.3) is 0 Å². The Balaban J connectivity index is 1.63. The predicted molar refractivity (Wildman–Crippen MR) is 103 cm³/mol. The maximum atomic E-state index is 13.1. The van der Waals surface area contributed by atoms with Crippen molar-refractivity contribution in [3.8, 4) is 0 Å². The van der Waals surface area contributed by atoms with Crippen molar-refractivity contribution in [3.63, 3.8) is 0 Å². The Morgan fingerprint density at radius 1 is 1.29 bits per heavy atom. The monoisotopic (exact) mass is 432 g/mol. The number of hydrogen-bond acceptors (Lipinski definition) is 5. The van der Waals surface area contributed by atoms with Crippen LogP contribution < -0.4 is 10.6 Å². The van der Waals surface area contributed by atoms with Gasteiger partial charge in [0.15, 0.2) is 5.17 Å². The number of halogens is 4. The highest BCUT2D eigenvalue weighted by Gasteiger charge is 2.36. The van der Waals surface area contributed by atoms with E-state index in [1.54, 1.807) is 0 Å². The van der Waals surface area contributed by atoms with Crippen LogP contribution in [0.15, 0.2) is 28.4 Å². The molecule has 1 aromatic carbocycles. The number of carbonyl (C=O) groups is 2. The van der Waals surface area contributed by atoms with Crippen molar-refractivity contribution in [1.82, 2.24) is 5.32 Å². The molecule has 0 aromatic heterocycles. The van der Waals surface area contributed by atoms with Gasteiger partial charge in [-0.25, -0.2) is 0 Å². The summed E-state index contributed by atoms with van der Waals surface area (Å²) in [5.74, 6) is -1.15. The second kappa shape index (κ2) is 8.52. The van der Waals surface area contributed by atoms with Crippen LogP contribution in [-0.2, 0) is 15.8 Å². The molecule has 1 aliphatic heterocycles. The molecule has 2 aliphatic rings. The molecule has 11 heteroatoms. The molecule has 6 nitrogen and oxygen atoms in total. The number of rotatable bonds is 4. The summed E-state index contributed by atoms with van der Waals surface area (Å²) < 4.78 is 39.3. The molecule has 1 heterocycles. The third-order valence-corrected chi connectivity index (χ3v) is 5.48. The Hall–Kier alpha value is -2.07. The highest BCUT2D eigenvalue weighted by molar-refractivity contribution is 8.15. The lowest BCUT2D eigenvalue weighted by atomic mass is 10.1. The Labute approximate surface area is 168 Å². The molecule has 1 aliphatic carbocycles. The average molecular weight is 433 g/mol. The van der Waals surface area contributed by atoms with E-state index in [2.05, 4.69) is 20.8 Å². The Morgan fingerprint density at radius 3 is 2.68 bits per heavy atom. The highest BCUT2D eigenvalue weighted by Crippen LogP contribution is 2.36. The lowest BCUT2D eigenvalue weighted by Gasteiger charge is -2.14. The first-order chi connectivity index (χ1) is 13.2. The molecular weight excluding hydrogens is 417 g/mol. The number of amidine groups is 1. The number of carbonyl (C=O) groups excluding carboxylic acids is 2. The molecule has 0 spiro atoms. The molecule has 1 atom stereocenters. The van der Waals surface area contributed by atoms with Gasteiger partial charge in [-0.1, -0.05) is 23.4 Å². The first-order valence-corrected chi connectivity index (χ1v) is 9.75. The first-order valence-electron chi connectivity index (χ1n) is 8.50. The minimum absolute atomic E-state index is 0.0965. The summed E-state index contributed by atoms with van der Waals surface area (Å²) in [5, 5.41) is 12.2. The molecule has 2 N–H and O–H groups in total. The number of benzene rings is 1. The quantitative estimate of drug-likeness (QED) is 0.699. The Bertz CT molecular complexity index is 849. The van der Waals surface area contributed by atoms with Crippen LogP contribution in [0.4, 0.5) is 18.9 Å². The SMILES string of the molecule is O=C(C[C@H]1S/C(=N/N=C2CCCC2)NC1=O)Nc1ccc(Cl)cc1C(F)(F)F. The average Bonchev–Trinajstić information content (AvgIpc) is 3.24. The van der Waals surface area contributed by atoms with Gasteiger partial charge in [0.1, 0.15) is 5.25 Å².